The molecule has 1 aliphatic heterocycles. The lowest BCUT2D eigenvalue weighted by atomic mass is 9.92. The maximum absolute atomic E-state index is 12.9. The zero-order chi connectivity index (χ0) is 18.7. The maximum Gasteiger partial charge on any atom is 0.305 e. The van der Waals surface area contributed by atoms with Gasteiger partial charge in [-0.3, -0.25) is 19.3 Å². The van der Waals surface area contributed by atoms with Crippen LogP contribution in [0.25, 0.3) is 11.6 Å². The molecule has 6 nitrogen and oxygen atoms in total. The van der Waals surface area contributed by atoms with Crippen molar-refractivity contribution in [3.8, 4) is 5.75 Å². The number of methoxy groups -OCH3 is 1. The average molecular weight is 351 g/mol. The summed E-state index contributed by atoms with van der Waals surface area (Å²) in [6.07, 6.45) is 1.40. The molecular weight excluding hydrogens is 334 g/mol. The van der Waals surface area contributed by atoms with E-state index in [0.29, 0.717) is 22.4 Å². The summed E-state index contributed by atoms with van der Waals surface area (Å²) >= 11 is 0. The van der Waals surface area contributed by atoms with Crippen molar-refractivity contribution in [3.05, 3.63) is 65.2 Å². The van der Waals surface area contributed by atoms with Gasteiger partial charge in [0.15, 0.2) is 0 Å². The van der Waals surface area contributed by atoms with Crippen molar-refractivity contribution >= 4 is 29.4 Å². The van der Waals surface area contributed by atoms with Crippen molar-refractivity contribution in [1.29, 1.82) is 0 Å². The first kappa shape index (κ1) is 17.4. The molecule has 6 heteroatoms. The molecule has 0 radical (unpaired) electrons. The third-order valence-corrected chi connectivity index (χ3v) is 4.14. The van der Waals surface area contributed by atoms with Crippen LogP contribution in [0.1, 0.15) is 27.9 Å². The molecule has 0 saturated heterocycles. The van der Waals surface area contributed by atoms with Gasteiger partial charge >= 0.3 is 5.97 Å². The van der Waals surface area contributed by atoms with E-state index in [-0.39, 0.29) is 13.0 Å². The highest BCUT2D eigenvalue weighted by Gasteiger charge is 2.34. The number of hydrogen-bond donors (Lipinski definition) is 1. The van der Waals surface area contributed by atoms with Gasteiger partial charge in [-0.15, -0.1) is 0 Å². The normalized spacial score (nSPS) is 15.1. The Morgan fingerprint density at radius 3 is 2.31 bits per heavy atom. The number of amides is 2. The van der Waals surface area contributed by atoms with Crippen LogP contribution < -0.4 is 4.74 Å². The molecule has 26 heavy (non-hydrogen) atoms. The Labute approximate surface area is 150 Å². The van der Waals surface area contributed by atoms with Gasteiger partial charge in [-0.1, -0.05) is 30.3 Å². The minimum Gasteiger partial charge on any atom is -0.497 e. The van der Waals surface area contributed by atoms with Crippen LogP contribution in [0.5, 0.6) is 5.75 Å². The van der Waals surface area contributed by atoms with Crippen molar-refractivity contribution in [1.82, 2.24) is 4.90 Å². The highest BCUT2D eigenvalue weighted by atomic mass is 16.5. The second-order valence-corrected chi connectivity index (χ2v) is 5.78. The van der Waals surface area contributed by atoms with Crippen molar-refractivity contribution in [2.45, 2.75) is 6.42 Å². The predicted octanol–water partition coefficient (Wildman–Crippen LogP) is 2.69. The Kier molecular flexibility index (Phi) is 4.84. The number of aliphatic carboxylic acids is 1. The quantitative estimate of drug-likeness (QED) is 0.661. The van der Waals surface area contributed by atoms with Gasteiger partial charge in [-0.2, -0.15) is 0 Å². The number of rotatable bonds is 5. The summed E-state index contributed by atoms with van der Waals surface area (Å²) in [7, 11) is 1.57. The molecule has 1 N–H and O–H groups in total. The Morgan fingerprint density at radius 1 is 1.04 bits per heavy atom. The van der Waals surface area contributed by atoms with Crippen LogP contribution >= 0.6 is 0 Å². The number of benzene rings is 2. The molecular formula is C20H17NO5. The number of fused-ring (bicyclic) bond motifs is 1. The van der Waals surface area contributed by atoms with Gasteiger partial charge in [0.25, 0.3) is 11.8 Å². The van der Waals surface area contributed by atoms with Crippen molar-refractivity contribution in [3.63, 3.8) is 0 Å². The molecule has 2 aromatic carbocycles. The number of carbonyl (C=O) groups is 3. The molecule has 0 aliphatic carbocycles. The number of hydrogen-bond acceptors (Lipinski definition) is 4. The summed E-state index contributed by atoms with van der Waals surface area (Å²) in [6.45, 7) is -0.165. The van der Waals surface area contributed by atoms with Gasteiger partial charge in [-0.05, 0) is 35.4 Å². The number of ether oxygens (including phenoxy) is 1. The predicted molar refractivity (Wildman–Crippen MR) is 95.6 cm³/mol. The summed E-state index contributed by atoms with van der Waals surface area (Å²) in [5.74, 6) is -1.34. The topological polar surface area (TPSA) is 83.9 Å². The summed E-state index contributed by atoms with van der Waals surface area (Å²) < 4.78 is 5.13. The first-order valence-electron chi connectivity index (χ1n) is 8.04. The fraction of sp³-hybridized carbons (Fsp3) is 0.150. The second-order valence-electron chi connectivity index (χ2n) is 5.78. The monoisotopic (exact) mass is 351 g/mol. The fourth-order valence-electron chi connectivity index (χ4n) is 2.82. The Morgan fingerprint density at radius 2 is 1.69 bits per heavy atom. The zero-order valence-corrected chi connectivity index (χ0v) is 14.1. The molecule has 0 fully saturated rings. The van der Waals surface area contributed by atoms with Crippen LogP contribution in [-0.4, -0.2) is 41.4 Å². The van der Waals surface area contributed by atoms with Crippen LogP contribution in [0.15, 0.2) is 48.5 Å². The molecule has 1 heterocycles. The van der Waals surface area contributed by atoms with Gasteiger partial charge in [0.05, 0.1) is 13.5 Å². The number of carboxylic acid groups (broad SMARTS) is 1. The molecule has 3 rings (SSSR count). The van der Waals surface area contributed by atoms with Crippen LogP contribution in [0.4, 0.5) is 0 Å². The number of carboxylic acids is 1. The van der Waals surface area contributed by atoms with E-state index in [2.05, 4.69) is 0 Å². The molecule has 0 spiro atoms. The van der Waals surface area contributed by atoms with Gasteiger partial charge in [0.2, 0.25) is 0 Å². The van der Waals surface area contributed by atoms with Crippen LogP contribution in [0.3, 0.4) is 0 Å². The number of imide groups is 1. The molecule has 0 bridgehead atoms. The second kappa shape index (κ2) is 7.23. The van der Waals surface area contributed by atoms with E-state index in [9.17, 15) is 14.4 Å². The van der Waals surface area contributed by atoms with Crippen molar-refractivity contribution in [2.75, 3.05) is 13.7 Å². The first-order valence-corrected chi connectivity index (χ1v) is 8.04. The Hall–Kier alpha value is -3.41. The highest BCUT2D eigenvalue weighted by molar-refractivity contribution is 6.33. The van der Waals surface area contributed by atoms with Crippen molar-refractivity contribution < 1.29 is 24.2 Å². The van der Waals surface area contributed by atoms with E-state index in [1.165, 1.54) is 0 Å². The molecule has 0 saturated carbocycles. The van der Waals surface area contributed by atoms with Crippen LogP contribution in [0, 0.1) is 0 Å². The van der Waals surface area contributed by atoms with Crippen LogP contribution in [-0.2, 0) is 9.59 Å². The third-order valence-electron chi connectivity index (χ3n) is 4.14. The van der Waals surface area contributed by atoms with Gasteiger partial charge in [0.1, 0.15) is 5.75 Å². The lowest BCUT2D eigenvalue weighted by Crippen LogP contribution is -2.42. The van der Waals surface area contributed by atoms with E-state index in [4.69, 9.17) is 9.84 Å². The maximum atomic E-state index is 12.9. The van der Waals surface area contributed by atoms with Gasteiger partial charge in [-0.25, -0.2) is 0 Å². The molecule has 2 amide bonds. The van der Waals surface area contributed by atoms with E-state index >= 15 is 0 Å². The van der Waals surface area contributed by atoms with E-state index < -0.39 is 17.8 Å². The lowest BCUT2D eigenvalue weighted by Gasteiger charge is -2.28. The fourth-order valence-corrected chi connectivity index (χ4v) is 2.82. The minimum atomic E-state index is -1.06. The molecule has 0 atom stereocenters. The summed E-state index contributed by atoms with van der Waals surface area (Å²) in [4.78, 5) is 37.3. The molecule has 0 unspecified atom stereocenters. The summed E-state index contributed by atoms with van der Waals surface area (Å²) in [5, 5.41) is 8.89. The average Bonchev–Trinajstić information content (AvgIpc) is 2.65. The minimum absolute atomic E-state index is 0.165. The van der Waals surface area contributed by atoms with Crippen LogP contribution in [0.2, 0.25) is 0 Å². The lowest BCUT2D eigenvalue weighted by molar-refractivity contribution is -0.137. The Bertz CT molecular complexity index is 899. The molecule has 2 aromatic rings. The molecule has 1 aliphatic rings. The smallest absolute Gasteiger partial charge is 0.305 e. The van der Waals surface area contributed by atoms with Gasteiger partial charge < -0.3 is 9.84 Å². The summed E-state index contributed by atoms with van der Waals surface area (Å²) in [6, 6.07) is 14.0. The zero-order valence-electron chi connectivity index (χ0n) is 14.1. The molecule has 132 valence electrons. The highest BCUT2D eigenvalue weighted by Crippen LogP contribution is 2.30. The summed E-state index contributed by atoms with van der Waals surface area (Å²) in [5.41, 5.74) is 2.06. The molecule has 0 aromatic heterocycles. The van der Waals surface area contributed by atoms with E-state index in [0.717, 1.165) is 10.5 Å². The number of nitrogens with zero attached hydrogens (tertiary/aromatic N) is 1. The SMILES string of the molecule is COc1ccc(/C=C2\C(=O)N(CCC(=O)O)C(=O)c3ccccc32)cc1. The Balaban J connectivity index is 2.05. The van der Waals surface area contributed by atoms with Crippen molar-refractivity contribution in [2.24, 2.45) is 0 Å². The van der Waals surface area contributed by atoms with E-state index in [1.807, 2.05) is 0 Å². The largest absolute Gasteiger partial charge is 0.497 e. The van der Waals surface area contributed by atoms with Gasteiger partial charge in [0, 0.05) is 17.7 Å². The first-order chi connectivity index (χ1) is 12.5. The third kappa shape index (κ3) is 3.35. The standard InChI is InChI=1S/C20H17NO5/c1-26-14-8-6-13(7-9-14)12-17-15-4-2-3-5-16(15)19(24)21(20(17)25)11-10-18(22)23/h2-9,12H,10-11H2,1H3,(H,22,23)/b17-12-. The van der Waals surface area contributed by atoms with E-state index in [1.54, 1.807) is 61.7 Å². The number of carbonyl (C=O) groups excluding carboxylic acids is 2.